The molecule has 1 aliphatic carbocycles. The molecule has 14 heavy (non-hydrogen) atoms. The second-order valence-corrected chi connectivity index (χ2v) is 5.30. The summed E-state index contributed by atoms with van der Waals surface area (Å²) in [5.41, 5.74) is 0. The van der Waals surface area contributed by atoms with Crippen molar-refractivity contribution in [1.29, 1.82) is 0 Å². The maximum Gasteiger partial charge on any atom is 0.0139 e. The zero-order chi connectivity index (χ0) is 9.38. The van der Waals surface area contributed by atoms with Crippen LogP contribution in [0.15, 0.2) is 0 Å². The molecular weight excluding hydrogens is 172 g/mol. The molecule has 2 nitrogen and oxygen atoms in total. The van der Waals surface area contributed by atoms with E-state index in [1.165, 1.54) is 58.3 Å². The molecule has 2 atom stereocenters. The highest BCUT2D eigenvalue weighted by Crippen LogP contribution is 2.42. The van der Waals surface area contributed by atoms with Gasteiger partial charge in [-0.2, -0.15) is 0 Å². The first-order chi connectivity index (χ1) is 6.95. The molecular formula is C12H22N2. The highest BCUT2D eigenvalue weighted by molar-refractivity contribution is 4.94. The van der Waals surface area contributed by atoms with E-state index in [0.29, 0.717) is 0 Å². The first-order valence-electron chi connectivity index (χ1n) is 6.40. The van der Waals surface area contributed by atoms with Gasteiger partial charge in [0.05, 0.1) is 0 Å². The minimum absolute atomic E-state index is 0.936. The van der Waals surface area contributed by atoms with E-state index in [1.54, 1.807) is 0 Å². The molecule has 2 saturated heterocycles. The molecule has 0 radical (unpaired) electrons. The van der Waals surface area contributed by atoms with Crippen molar-refractivity contribution in [3.05, 3.63) is 0 Å². The highest BCUT2D eigenvalue weighted by atomic mass is 15.2. The molecule has 3 aliphatic rings. The summed E-state index contributed by atoms with van der Waals surface area (Å²) in [6.07, 6.45) is 7.41. The van der Waals surface area contributed by atoms with Crippen LogP contribution in [0.2, 0.25) is 0 Å². The third-order valence-corrected chi connectivity index (χ3v) is 4.34. The second-order valence-electron chi connectivity index (χ2n) is 5.30. The first kappa shape index (κ1) is 9.17. The van der Waals surface area contributed by atoms with E-state index in [2.05, 4.69) is 10.2 Å². The molecule has 0 spiro atoms. The van der Waals surface area contributed by atoms with Crippen molar-refractivity contribution in [3.63, 3.8) is 0 Å². The Bertz CT molecular complexity index is 200. The Balaban J connectivity index is 1.74. The third-order valence-electron chi connectivity index (χ3n) is 4.34. The maximum atomic E-state index is 3.63. The summed E-state index contributed by atoms with van der Waals surface area (Å²) in [6.45, 7) is 5.19. The first-order valence-corrected chi connectivity index (χ1v) is 6.40. The molecule has 80 valence electrons. The van der Waals surface area contributed by atoms with Gasteiger partial charge in [-0.1, -0.05) is 6.42 Å². The van der Waals surface area contributed by atoms with Gasteiger partial charge in [-0.05, 0) is 50.6 Å². The van der Waals surface area contributed by atoms with Crippen LogP contribution in [0.4, 0.5) is 0 Å². The Morgan fingerprint density at radius 1 is 1.00 bits per heavy atom. The molecule has 3 fully saturated rings. The van der Waals surface area contributed by atoms with Gasteiger partial charge in [0, 0.05) is 19.1 Å². The van der Waals surface area contributed by atoms with Gasteiger partial charge in [0.15, 0.2) is 0 Å². The number of fused-ring (bicyclic) bond motifs is 1. The standard InChI is InChI=1S/C12H22N2/c1-2-7-14-8-6-13-9-11(10-4-5-10)12(14)3-1/h10-13H,1-9H2. The molecule has 0 bridgehead atoms. The van der Waals surface area contributed by atoms with Crippen molar-refractivity contribution < 1.29 is 0 Å². The monoisotopic (exact) mass is 194 g/mol. The van der Waals surface area contributed by atoms with Gasteiger partial charge in [0.25, 0.3) is 0 Å². The quantitative estimate of drug-likeness (QED) is 0.680. The van der Waals surface area contributed by atoms with E-state index < -0.39 is 0 Å². The van der Waals surface area contributed by atoms with Crippen LogP contribution in [-0.4, -0.2) is 37.1 Å². The summed E-state index contributed by atoms with van der Waals surface area (Å²) in [6, 6.07) is 0.936. The molecule has 3 rings (SSSR count). The number of nitrogens with one attached hydrogen (secondary N) is 1. The number of rotatable bonds is 1. The van der Waals surface area contributed by atoms with Gasteiger partial charge in [-0.15, -0.1) is 0 Å². The number of hydrogen-bond acceptors (Lipinski definition) is 2. The van der Waals surface area contributed by atoms with Gasteiger partial charge in [0.2, 0.25) is 0 Å². The third kappa shape index (κ3) is 1.70. The van der Waals surface area contributed by atoms with Crippen molar-refractivity contribution in [2.24, 2.45) is 11.8 Å². The van der Waals surface area contributed by atoms with E-state index in [4.69, 9.17) is 0 Å². The lowest BCUT2D eigenvalue weighted by molar-refractivity contribution is 0.109. The summed E-state index contributed by atoms with van der Waals surface area (Å²) >= 11 is 0. The normalized spacial score (nSPS) is 40.3. The summed E-state index contributed by atoms with van der Waals surface area (Å²) in [7, 11) is 0. The predicted molar refractivity (Wildman–Crippen MR) is 58.3 cm³/mol. The SMILES string of the molecule is C1CCN2CCNCC(C3CC3)C2C1. The zero-order valence-electron chi connectivity index (χ0n) is 9.04. The van der Waals surface area contributed by atoms with Crippen molar-refractivity contribution in [2.45, 2.75) is 38.1 Å². The molecule has 0 aromatic carbocycles. The van der Waals surface area contributed by atoms with E-state index >= 15 is 0 Å². The smallest absolute Gasteiger partial charge is 0.0139 e. The molecule has 2 aliphatic heterocycles. The summed E-state index contributed by atoms with van der Waals surface area (Å²) in [5.74, 6) is 2.06. The van der Waals surface area contributed by atoms with E-state index in [1.807, 2.05) is 0 Å². The van der Waals surface area contributed by atoms with E-state index in [-0.39, 0.29) is 0 Å². The molecule has 2 heterocycles. The molecule has 1 N–H and O–H groups in total. The second kappa shape index (κ2) is 3.82. The average Bonchev–Trinajstić information content (AvgIpc) is 3.03. The largest absolute Gasteiger partial charge is 0.315 e. The van der Waals surface area contributed by atoms with Crippen molar-refractivity contribution in [3.8, 4) is 0 Å². The van der Waals surface area contributed by atoms with Crippen LogP contribution in [0.25, 0.3) is 0 Å². The van der Waals surface area contributed by atoms with Crippen LogP contribution < -0.4 is 5.32 Å². The van der Waals surface area contributed by atoms with Gasteiger partial charge >= 0.3 is 0 Å². The summed E-state index contributed by atoms with van der Waals surface area (Å²) in [4.78, 5) is 2.77. The predicted octanol–water partition coefficient (Wildman–Crippen LogP) is 1.47. The topological polar surface area (TPSA) is 15.3 Å². The fraction of sp³-hybridized carbons (Fsp3) is 1.00. The molecule has 0 amide bonds. The molecule has 0 aromatic rings. The molecule has 2 unspecified atom stereocenters. The molecule has 2 heteroatoms. The summed E-state index contributed by atoms with van der Waals surface area (Å²) in [5, 5.41) is 3.63. The lowest BCUT2D eigenvalue weighted by atomic mass is 9.87. The minimum atomic E-state index is 0.936. The Morgan fingerprint density at radius 3 is 2.79 bits per heavy atom. The van der Waals surface area contributed by atoms with Crippen molar-refractivity contribution in [2.75, 3.05) is 26.2 Å². The number of nitrogens with zero attached hydrogens (tertiary/aromatic N) is 1. The fourth-order valence-corrected chi connectivity index (χ4v) is 3.41. The lowest BCUT2D eigenvalue weighted by Gasteiger charge is -2.38. The Morgan fingerprint density at radius 2 is 1.93 bits per heavy atom. The van der Waals surface area contributed by atoms with E-state index in [0.717, 1.165) is 17.9 Å². The average molecular weight is 194 g/mol. The van der Waals surface area contributed by atoms with Gasteiger partial charge < -0.3 is 5.32 Å². The van der Waals surface area contributed by atoms with Crippen LogP contribution in [-0.2, 0) is 0 Å². The maximum absolute atomic E-state index is 3.63. The van der Waals surface area contributed by atoms with Crippen LogP contribution >= 0.6 is 0 Å². The van der Waals surface area contributed by atoms with Gasteiger partial charge in [0.1, 0.15) is 0 Å². The number of hydrogen-bond donors (Lipinski definition) is 1. The van der Waals surface area contributed by atoms with Crippen LogP contribution in [0, 0.1) is 11.8 Å². The Labute approximate surface area is 87.0 Å². The Hall–Kier alpha value is -0.0800. The van der Waals surface area contributed by atoms with Crippen LogP contribution in [0.1, 0.15) is 32.1 Å². The van der Waals surface area contributed by atoms with Gasteiger partial charge in [-0.3, -0.25) is 4.90 Å². The molecule has 1 saturated carbocycles. The van der Waals surface area contributed by atoms with E-state index in [9.17, 15) is 0 Å². The fourth-order valence-electron chi connectivity index (χ4n) is 3.41. The highest BCUT2D eigenvalue weighted by Gasteiger charge is 2.40. The summed E-state index contributed by atoms with van der Waals surface area (Å²) < 4.78 is 0. The zero-order valence-corrected chi connectivity index (χ0v) is 9.04. The minimum Gasteiger partial charge on any atom is -0.315 e. The van der Waals surface area contributed by atoms with Gasteiger partial charge in [-0.25, -0.2) is 0 Å². The number of piperidine rings is 1. The van der Waals surface area contributed by atoms with Crippen molar-refractivity contribution >= 4 is 0 Å². The Kier molecular flexibility index (Phi) is 2.50. The lowest BCUT2D eigenvalue weighted by Crippen LogP contribution is -2.45. The van der Waals surface area contributed by atoms with Crippen LogP contribution in [0.5, 0.6) is 0 Å². The molecule has 0 aromatic heterocycles. The van der Waals surface area contributed by atoms with Crippen molar-refractivity contribution in [1.82, 2.24) is 10.2 Å². The van der Waals surface area contributed by atoms with Crippen LogP contribution in [0.3, 0.4) is 0 Å².